The number of carbonyl (C=O) groups is 1. The number of hydrogen-bond donors (Lipinski definition) is 1. The number of aromatic carboxylic acids is 1. The third-order valence-electron chi connectivity index (χ3n) is 2.27. The Morgan fingerprint density at radius 2 is 2.25 bits per heavy atom. The summed E-state index contributed by atoms with van der Waals surface area (Å²) < 4.78 is 7.33. The third kappa shape index (κ3) is 1.46. The lowest BCUT2D eigenvalue weighted by Gasteiger charge is -2.06. The van der Waals surface area contributed by atoms with Crippen molar-refractivity contribution >= 4 is 27.5 Å². The summed E-state index contributed by atoms with van der Waals surface area (Å²) >= 11 is 3.32. The molecule has 0 aliphatic rings. The van der Waals surface area contributed by atoms with Crippen molar-refractivity contribution in [2.75, 3.05) is 7.11 Å². The molecule has 5 nitrogen and oxygen atoms in total. The van der Waals surface area contributed by atoms with Gasteiger partial charge in [0.05, 0.1) is 17.3 Å². The Morgan fingerprint density at radius 1 is 1.56 bits per heavy atom. The molecule has 0 unspecified atom stereocenters. The zero-order valence-electron chi connectivity index (χ0n) is 8.69. The van der Waals surface area contributed by atoms with Gasteiger partial charge in [0.25, 0.3) is 0 Å². The van der Waals surface area contributed by atoms with E-state index in [0.717, 1.165) is 4.47 Å². The van der Waals surface area contributed by atoms with Crippen molar-refractivity contribution in [1.29, 1.82) is 0 Å². The molecule has 0 radical (unpaired) electrons. The molecule has 6 heteroatoms. The highest BCUT2D eigenvalue weighted by atomic mass is 79.9. The van der Waals surface area contributed by atoms with Crippen LogP contribution >= 0.6 is 15.9 Å². The molecule has 2 heterocycles. The van der Waals surface area contributed by atoms with E-state index in [0.29, 0.717) is 17.2 Å². The Morgan fingerprint density at radius 3 is 2.81 bits per heavy atom. The van der Waals surface area contributed by atoms with Crippen LogP contribution in [-0.2, 0) is 0 Å². The minimum Gasteiger partial charge on any atom is -0.482 e. The van der Waals surface area contributed by atoms with Crippen LogP contribution in [0, 0.1) is 6.92 Å². The van der Waals surface area contributed by atoms with Crippen LogP contribution in [-0.4, -0.2) is 27.6 Å². The lowest BCUT2D eigenvalue weighted by atomic mass is 10.3. The summed E-state index contributed by atoms with van der Waals surface area (Å²) in [7, 11) is 1.49. The maximum Gasteiger partial charge on any atom is 0.354 e. The van der Waals surface area contributed by atoms with E-state index in [-0.39, 0.29) is 5.69 Å². The van der Waals surface area contributed by atoms with Crippen molar-refractivity contribution in [3.8, 4) is 5.88 Å². The third-order valence-corrected chi connectivity index (χ3v) is 2.89. The van der Waals surface area contributed by atoms with Gasteiger partial charge in [0.15, 0.2) is 17.2 Å². The van der Waals surface area contributed by atoms with Crippen molar-refractivity contribution in [2.24, 2.45) is 0 Å². The molecule has 0 atom stereocenters. The summed E-state index contributed by atoms with van der Waals surface area (Å²) in [5, 5.41) is 9.13. The summed E-state index contributed by atoms with van der Waals surface area (Å²) in [6.45, 7) is 1.66. The molecular weight excluding hydrogens is 276 g/mol. The Kier molecular flexibility index (Phi) is 2.59. The van der Waals surface area contributed by atoms with E-state index >= 15 is 0 Å². The first-order valence-electron chi connectivity index (χ1n) is 4.51. The van der Waals surface area contributed by atoms with E-state index in [1.807, 2.05) is 0 Å². The zero-order valence-corrected chi connectivity index (χ0v) is 10.3. The Labute approximate surface area is 99.8 Å². The normalized spacial score (nSPS) is 10.7. The highest BCUT2D eigenvalue weighted by molar-refractivity contribution is 9.10. The van der Waals surface area contributed by atoms with Crippen molar-refractivity contribution in [2.45, 2.75) is 6.92 Å². The van der Waals surface area contributed by atoms with Crippen LogP contribution in [0.1, 0.15) is 16.2 Å². The molecule has 0 aliphatic carbocycles. The summed E-state index contributed by atoms with van der Waals surface area (Å²) in [5.41, 5.74) is 1.11. The van der Waals surface area contributed by atoms with Crippen molar-refractivity contribution in [1.82, 2.24) is 9.38 Å². The van der Waals surface area contributed by atoms with Crippen molar-refractivity contribution < 1.29 is 14.6 Å². The van der Waals surface area contributed by atoms with Crippen molar-refractivity contribution in [3.63, 3.8) is 0 Å². The zero-order chi connectivity index (χ0) is 11.9. The maximum absolute atomic E-state index is 11.1. The Hall–Kier alpha value is -1.56. The molecule has 0 amide bonds. The standard InChI is InChI=1S/C10H9BrN2O3/c1-5-8(10(14)15)13-7(16-2)4-3-6(11)9(13)12-5/h3-4H,1-2H3,(H,14,15). The SMILES string of the molecule is COc1ccc(Br)c2nc(C)c(C(=O)O)n12. The second kappa shape index (κ2) is 3.79. The van der Waals surface area contributed by atoms with Crippen molar-refractivity contribution in [3.05, 3.63) is 28.0 Å². The van der Waals surface area contributed by atoms with Gasteiger partial charge < -0.3 is 9.84 Å². The number of pyridine rings is 1. The number of aryl methyl sites for hydroxylation is 1. The highest BCUT2D eigenvalue weighted by Gasteiger charge is 2.19. The Bertz CT molecular complexity index is 577. The van der Waals surface area contributed by atoms with E-state index in [1.54, 1.807) is 19.1 Å². The molecular formula is C10H9BrN2O3. The van der Waals surface area contributed by atoms with Gasteiger partial charge >= 0.3 is 5.97 Å². The van der Waals surface area contributed by atoms with Gasteiger partial charge in [0.1, 0.15) is 0 Å². The number of aromatic nitrogens is 2. The average molecular weight is 285 g/mol. The number of imidazole rings is 1. The van der Waals surface area contributed by atoms with E-state index in [9.17, 15) is 4.79 Å². The van der Waals surface area contributed by atoms with Crippen LogP contribution in [0.2, 0.25) is 0 Å². The highest BCUT2D eigenvalue weighted by Crippen LogP contribution is 2.26. The topological polar surface area (TPSA) is 63.8 Å². The molecule has 0 spiro atoms. The molecule has 0 fully saturated rings. The van der Waals surface area contributed by atoms with E-state index in [4.69, 9.17) is 9.84 Å². The van der Waals surface area contributed by atoms with Crippen LogP contribution in [0.4, 0.5) is 0 Å². The van der Waals surface area contributed by atoms with Gasteiger partial charge in [0.2, 0.25) is 0 Å². The van der Waals surface area contributed by atoms with Crippen LogP contribution in [0.5, 0.6) is 5.88 Å². The number of halogens is 1. The fraction of sp³-hybridized carbons (Fsp3) is 0.200. The van der Waals surface area contributed by atoms with Crippen LogP contribution < -0.4 is 4.74 Å². The number of methoxy groups -OCH3 is 1. The van der Waals surface area contributed by atoms with Gasteiger partial charge in [-0.3, -0.25) is 4.40 Å². The molecule has 0 bridgehead atoms. The van der Waals surface area contributed by atoms with Crippen LogP contribution in [0.25, 0.3) is 5.65 Å². The second-order valence-electron chi connectivity index (χ2n) is 3.23. The first-order valence-corrected chi connectivity index (χ1v) is 5.30. The lowest BCUT2D eigenvalue weighted by Crippen LogP contribution is -2.06. The molecule has 16 heavy (non-hydrogen) atoms. The van der Waals surface area contributed by atoms with Gasteiger partial charge in [-0.15, -0.1) is 0 Å². The average Bonchev–Trinajstić information content (AvgIpc) is 2.57. The van der Waals surface area contributed by atoms with Gasteiger partial charge in [0, 0.05) is 6.07 Å². The minimum atomic E-state index is -1.03. The number of carboxylic acids is 1. The molecule has 2 aromatic rings. The quantitative estimate of drug-likeness (QED) is 0.917. The number of nitrogens with zero attached hydrogens (tertiary/aromatic N) is 2. The Balaban J connectivity index is 2.95. The van der Waals surface area contributed by atoms with Crippen LogP contribution in [0.3, 0.4) is 0 Å². The number of fused-ring (bicyclic) bond motifs is 1. The summed E-state index contributed by atoms with van der Waals surface area (Å²) in [6, 6.07) is 3.46. The summed E-state index contributed by atoms with van der Waals surface area (Å²) in [6.07, 6.45) is 0. The summed E-state index contributed by atoms with van der Waals surface area (Å²) in [4.78, 5) is 15.3. The van der Waals surface area contributed by atoms with Gasteiger partial charge in [-0.1, -0.05) is 0 Å². The molecule has 0 aliphatic heterocycles. The monoisotopic (exact) mass is 284 g/mol. The summed E-state index contributed by atoms with van der Waals surface area (Å²) in [5.74, 6) is -0.586. The molecule has 0 aromatic carbocycles. The predicted octanol–water partition coefficient (Wildman–Crippen LogP) is 2.11. The number of hydrogen-bond acceptors (Lipinski definition) is 3. The van der Waals surface area contributed by atoms with E-state index < -0.39 is 5.97 Å². The lowest BCUT2D eigenvalue weighted by molar-refractivity contribution is 0.0687. The number of rotatable bonds is 2. The molecule has 0 saturated carbocycles. The van der Waals surface area contributed by atoms with Gasteiger partial charge in [-0.25, -0.2) is 9.78 Å². The molecule has 2 aromatic heterocycles. The molecule has 2 rings (SSSR count). The van der Waals surface area contributed by atoms with Gasteiger partial charge in [-0.2, -0.15) is 0 Å². The fourth-order valence-corrected chi connectivity index (χ4v) is 2.01. The van der Waals surface area contributed by atoms with E-state index in [1.165, 1.54) is 11.5 Å². The molecule has 84 valence electrons. The second-order valence-corrected chi connectivity index (χ2v) is 4.09. The number of carboxylic acid groups (broad SMARTS) is 1. The fourth-order valence-electron chi connectivity index (χ4n) is 1.61. The maximum atomic E-state index is 11.1. The van der Waals surface area contributed by atoms with E-state index in [2.05, 4.69) is 20.9 Å². The first-order chi connectivity index (χ1) is 7.56. The van der Waals surface area contributed by atoms with Gasteiger partial charge in [-0.05, 0) is 28.9 Å². The number of ether oxygens (including phenoxy) is 1. The smallest absolute Gasteiger partial charge is 0.354 e. The molecule has 1 N–H and O–H groups in total. The predicted molar refractivity (Wildman–Crippen MR) is 61.1 cm³/mol. The molecule has 0 saturated heterocycles. The van der Waals surface area contributed by atoms with Crippen LogP contribution in [0.15, 0.2) is 16.6 Å². The first kappa shape index (κ1) is 10.9. The minimum absolute atomic E-state index is 0.119. The largest absolute Gasteiger partial charge is 0.482 e.